The Kier molecular flexibility index (Phi) is 3.33. The predicted molar refractivity (Wildman–Crippen MR) is 88.3 cm³/mol. The van der Waals surface area contributed by atoms with Crippen molar-refractivity contribution in [3.63, 3.8) is 0 Å². The highest BCUT2D eigenvalue weighted by atomic mass is 32.2. The Hall–Kier alpha value is -1.62. The number of imidazole rings is 1. The van der Waals surface area contributed by atoms with Crippen LogP contribution in [-0.4, -0.2) is 14.2 Å². The molecule has 2 aliphatic rings. The number of hydrogen-bond acceptors (Lipinski definition) is 3. The fourth-order valence-corrected chi connectivity index (χ4v) is 5.34. The largest absolute Gasteiger partial charge is 0.493 e. The Morgan fingerprint density at radius 1 is 1.14 bits per heavy atom. The maximum absolute atomic E-state index is 12.9. The zero-order chi connectivity index (χ0) is 15.2. The quantitative estimate of drug-likeness (QED) is 0.925. The van der Waals surface area contributed by atoms with Gasteiger partial charge in [-0.05, 0) is 18.4 Å². The number of hydrogen-bond donors (Lipinski definition) is 1. The summed E-state index contributed by atoms with van der Waals surface area (Å²) in [6.07, 6.45) is 5.68. The first-order chi connectivity index (χ1) is 10.7. The maximum Gasteiger partial charge on any atom is 0.332 e. The first-order valence-electron chi connectivity index (χ1n) is 7.93. The van der Waals surface area contributed by atoms with E-state index in [1.165, 1.54) is 23.8 Å². The van der Waals surface area contributed by atoms with Gasteiger partial charge in [0.1, 0.15) is 0 Å². The Labute approximate surface area is 133 Å². The zero-order valence-corrected chi connectivity index (χ0v) is 13.3. The molecule has 1 N–H and O–H groups in total. The summed E-state index contributed by atoms with van der Waals surface area (Å²) in [4.78, 5) is 12.8. The minimum atomic E-state index is -0.107. The van der Waals surface area contributed by atoms with E-state index in [9.17, 15) is 9.90 Å². The molecule has 0 amide bonds. The fourth-order valence-electron chi connectivity index (χ4n) is 3.78. The second kappa shape index (κ2) is 5.23. The van der Waals surface area contributed by atoms with Crippen molar-refractivity contribution in [2.75, 3.05) is 0 Å². The van der Waals surface area contributed by atoms with Crippen molar-refractivity contribution in [1.29, 1.82) is 0 Å². The monoisotopic (exact) mass is 316 g/mol. The van der Waals surface area contributed by atoms with Crippen molar-refractivity contribution in [2.45, 2.75) is 49.3 Å². The lowest BCUT2D eigenvalue weighted by molar-refractivity contribution is 0.306. The molecule has 2 heterocycles. The summed E-state index contributed by atoms with van der Waals surface area (Å²) in [5, 5.41) is 10.5. The van der Waals surface area contributed by atoms with Crippen LogP contribution in [0.4, 0.5) is 0 Å². The Bertz CT molecular complexity index is 742. The highest BCUT2D eigenvalue weighted by Gasteiger charge is 2.44. The summed E-state index contributed by atoms with van der Waals surface area (Å²) < 4.78 is 3.43. The number of aromatic hydroxyl groups is 1. The molecule has 0 atom stereocenters. The lowest BCUT2D eigenvalue weighted by Crippen LogP contribution is -2.38. The maximum atomic E-state index is 12.9. The van der Waals surface area contributed by atoms with E-state index in [0.717, 1.165) is 29.9 Å². The van der Waals surface area contributed by atoms with Crippen LogP contribution in [0.2, 0.25) is 0 Å². The number of benzene rings is 1. The molecule has 1 aromatic heterocycles. The summed E-state index contributed by atoms with van der Waals surface area (Å²) in [6.45, 7) is 0.437. The van der Waals surface area contributed by atoms with Crippen LogP contribution in [0, 0.1) is 0 Å². The second-order valence-electron chi connectivity index (χ2n) is 6.26. The number of thioether (sulfide) groups is 1. The van der Waals surface area contributed by atoms with E-state index in [4.69, 9.17) is 0 Å². The third-order valence-electron chi connectivity index (χ3n) is 4.91. The summed E-state index contributed by atoms with van der Waals surface area (Å²) in [5.74, 6) is 0.895. The van der Waals surface area contributed by atoms with Crippen LogP contribution in [0.25, 0.3) is 0 Å². The van der Waals surface area contributed by atoms with Gasteiger partial charge >= 0.3 is 5.69 Å². The topological polar surface area (TPSA) is 47.2 Å². The molecule has 2 aromatic rings. The predicted octanol–water partition coefficient (Wildman–Crippen LogP) is 3.27. The number of aromatic nitrogens is 2. The van der Waals surface area contributed by atoms with Crippen LogP contribution in [0.3, 0.4) is 0 Å². The highest BCUT2D eigenvalue weighted by Crippen LogP contribution is 2.51. The molecule has 1 fully saturated rings. The molecular formula is C17H20N2O2S. The van der Waals surface area contributed by atoms with Gasteiger partial charge in [-0.25, -0.2) is 4.79 Å². The summed E-state index contributed by atoms with van der Waals surface area (Å²) >= 11 is 1.83. The van der Waals surface area contributed by atoms with E-state index < -0.39 is 0 Å². The van der Waals surface area contributed by atoms with Crippen molar-refractivity contribution < 1.29 is 5.11 Å². The molecule has 1 aromatic carbocycles. The van der Waals surface area contributed by atoms with Crippen LogP contribution in [-0.2, 0) is 17.2 Å². The molecule has 4 rings (SSSR count). The molecule has 1 aliphatic carbocycles. The van der Waals surface area contributed by atoms with E-state index in [-0.39, 0.29) is 16.4 Å². The van der Waals surface area contributed by atoms with E-state index >= 15 is 0 Å². The molecule has 0 saturated heterocycles. The van der Waals surface area contributed by atoms with Gasteiger partial charge < -0.3 is 5.11 Å². The van der Waals surface area contributed by atoms with Crippen LogP contribution in [0.5, 0.6) is 5.88 Å². The molecule has 116 valence electrons. The molecular weight excluding hydrogens is 296 g/mol. The van der Waals surface area contributed by atoms with Crippen molar-refractivity contribution in [3.8, 4) is 5.88 Å². The third kappa shape index (κ3) is 2.02. The lowest BCUT2D eigenvalue weighted by Gasteiger charge is -2.33. The molecule has 0 unspecified atom stereocenters. The summed E-state index contributed by atoms with van der Waals surface area (Å²) in [7, 11) is 0. The Morgan fingerprint density at radius 2 is 1.86 bits per heavy atom. The smallest absolute Gasteiger partial charge is 0.332 e. The fraction of sp³-hybridized carbons (Fsp3) is 0.471. The molecule has 1 spiro atoms. The van der Waals surface area contributed by atoms with E-state index in [1.54, 1.807) is 0 Å². The minimum absolute atomic E-state index is 0.0525. The van der Waals surface area contributed by atoms with Crippen molar-refractivity contribution in [2.24, 2.45) is 0 Å². The highest BCUT2D eigenvalue weighted by molar-refractivity contribution is 7.99. The Morgan fingerprint density at radius 3 is 2.59 bits per heavy atom. The van der Waals surface area contributed by atoms with Crippen LogP contribution < -0.4 is 5.69 Å². The average Bonchev–Trinajstić information content (AvgIpc) is 3.02. The number of nitrogens with zero attached hydrogens (tertiary/aromatic N) is 2. The average molecular weight is 316 g/mol. The zero-order valence-electron chi connectivity index (χ0n) is 12.5. The molecule has 22 heavy (non-hydrogen) atoms. The van der Waals surface area contributed by atoms with Gasteiger partial charge in [-0.3, -0.25) is 9.13 Å². The lowest BCUT2D eigenvalue weighted by atomic mass is 9.94. The summed E-state index contributed by atoms with van der Waals surface area (Å²) in [5.41, 5.74) is 1.80. The van der Waals surface area contributed by atoms with Crippen molar-refractivity contribution in [1.82, 2.24) is 9.13 Å². The first-order valence-corrected chi connectivity index (χ1v) is 8.92. The summed E-state index contributed by atoms with van der Waals surface area (Å²) in [6, 6.07) is 9.85. The molecule has 0 bridgehead atoms. The van der Waals surface area contributed by atoms with E-state index in [2.05, 4.69) is 0 Å². The molecule has 1 aliphatic heterocycles. The van der Waals surface area contributed by atoms with Gasteiger partial charge in [0, 0.05) is 5.75 Å². The van der Waals surface area contributed by atoms with Gasteiger partial charge in [-0.1, -0.05) is 49.6 Å². The van der Waals surface area contributed by atoms with Gasteiger partial charge in [0.05, 0.1) is 17.1 Å². The van der Waals surface area contributed by atoms with Gasteiger partial charge in [0.2, 0.25) is 5.88 Å². The van der Waals surface area contributed by atoms with Crippen molar-refractivity contribution in [3.05, 3.63) is 52.1 Å². The van der Waals surface area contributed by atoms with Crippen LogP contribution in [0.15, 0.2) is 35.1 Å². The normalized spacial score (nSPS) is 19.5. The second-order valence-corrected chi connectivity index (χ2v) is 7.59. The number of rotatable bonds is 2. The van der Waals surface area contributed by atoms with Crippen LogP contribution in [0.1, 0.15) is 43.4 Å². The minimum Gasteiger partial charge on any atom is -0.493 e. The standard InChI is InChI=1S/C17H20N2O2S/c20-15-14-12-22-17(9-5-2-6-10-17)19(14)16(21)18(15)11-13-7-3-1-4-8-13/h1,3-4,7-8,20H,2,5-6,9-12H2. The van der Waals surface area contributed by atoms with E-state index in [1.807, 2.05) is 46.7 Å². The SMILES string of the molecule is O=c1n(Cc2ccccc2)c(O)c2n1C1(CCCCC1)SC2. The molecule has 5 heteroatoms. The van der Waals surface area contributed by atoms with Gasteiger partial charge in [-0.15, -0.1) is 11.8 Å². The van der Waals surface area contributed by atoms with Gasteiger partial charge in [0.15, 0.2) is 0 Å². The van der Waals surface area contributed by atoms with Crippen LogP contribution >= 0.6 is 11.8 Å². The number of fused-ring (bicyclic) bond motifs is 2. The first kappa shape index (κ1) is 14.0. The molecule has 1 saturated carbocycles. The Balaban J connectivity index is 1.77. The molecule has 4 nitrogen and oxygen atoms in total. The van der Waals surface area contributed by atoms with Crippen molar-refractivity contribution >= 4 is 11.8 Å². The van der Waals surface area contributed by atoms with Gasteiger partial charge in [-0.2, -0.15) is 0 Å². The molecule has 0 radical (unpaired) electrons. The van der Waals surface area contributed by atoms with Gasteiger partial charge in [0.25, 0.3) is 0 Å². The third-order valence-corrected chi connectivity index (χ3v) is 6.46. The van der Waals surface area contributed by atoms with E-state index in [0.29, 0.717) is 6.54 Å².